The number of anilines is 2. The van der Waals surface area contributed by atoms with E-state index in [-0.39, 0.29) is 24.9 Å². The van der Waals surface area contributed by atoms with E-state index >= 15 is 0 Å². The van der Waals surface area contributed by atoms with E-state index in [0.29, 0.717) is 11.4 Å². The lowest BCUT2D eigenvalue weighted by molar-refractivity contribution is -0.127. The molecular weight excluding hydrogens is 381 g/mol. The minimum absolute atomic E-state index is 0.0183. The zero-order valence-electron chi connectivity index (χ0n) is 15.6. The van der Waals surface area contributed by atoms with Gasteiger partial charge in [-0.15, -0.1) is 0 Å². The monoisotopic (exact) mass is 403 g/mol. The number of rotatable bonds is 6. The molecule has 1 aromatic carbocycles. The van der Waals surface area contributed by atoms with Crippen molar-refractivity contribution in [1.29, 1.82) is 0 Å². The summed E-state index contributed by atoms with van der Waals surface area (Å²) in [6.45, 7) is 4.38. The molecule has 6 nitrogen and oxygen atoms in total. The van der Waals surface area contributed by atoms with Crippen molar-refractivity contribution in [2.45, 2.75) is 25.4 Å². The average molecular weight is 403 g/mol. The van der Waals surface area contributed by atoms with Gasteiger partial charge >= 0.3 is 6.09 Å². The molecule has 148 valence electrons. The SMILES string of the molecule is C=C1S/C1=C/N(C)c1ccc(N2C[C@H](CNC(=O)C3CCC3)OC2=O)cc1F. The van der Waals surface area contributed by atoms with Crippen LogP contribution in [0, 0.1) is 11.7 Å². The van der Waals surface area contributed by atoms with Crippen LogP contribution >= 0.6 is 11.8 Å². The second-order valence-corrected chi connectivity index (χ2v) is 8.39. The summed E-state index contributed by atoms with van der Waals surface area (Å²) in [5.41, 5.74) is 0.846. The van der Waals surface area contributed by atoms with Gasteiger partial charge < -0.3 is 15.0 Å². The summed E-state index contributed by atoms with van der Waals surface area (Å²) in [5.74, 6) is -0.319. The highest BCUT2D eigenvalue weighted by Crippen LogP contribution is 2.49. The zero-order valence-corrected chi connectivity index (χ0v) is 16.4. The summed E-state index contributed by atoms with van der Waals surface area (Å²) in [7, 11) is 1.77. The number of thioether (sulfide) groups is 1. The Morgan fingerprint density at radius 3 is 2.86 bits per heavy atom. The Hall–Kier alpha value is -2.48. The fourth-order valence-corrected chi connectivity index (χ4v) is 3.75. The highest BCUT2D eigenvalue weighted by Gasteiger charge is 2.34. The third-order valence-corrected chi connectivity index (χ3v) is 6.09. The van der Waals surface area contributed by atoms with E-state index in [1.165, 1.54) is 11.0 Å². The number of nitrogens with zero attached hydrogens (tertiary/aromatic N) is 2. The Morgan fingerprint density at radius 2 is 2.25 bits per heavy atom. The highest BCUT2D eigenvalue weighted by molar-refractivity contribution is 8.16. The number of hydrogen-bond acceptors (Lipinski definition) is 5. The number of hydrogen-bond donors (Lipinski definition) is 1. The lowest BCUT2D eigenvalue weighted by Gasteiger charge is -2.24. The van der Waals surface area contributed by atoms with Crippen LogP contribution in [0.4, 0.5) is 20.6 Å². The second kappa shape index (κ2) is 7.50. The minimum atomic E-state index is -0.531. The maximum absolute atomic E-state index is 14.6. The zero-order chi connectivity index (χ0) is 19.8. The summed E-state index contributed by atoms with van der Waals surface area (Å²) in [4.78, 5) is 29.2. The molecule has 1 aromatic rings. The van der Waals surface area contributed by atoms with Crippen LogP contribution in [0.5, 0.6) is 0 Å². The van der Waals surface area contributed by atoms with Gasteiger partial charge in [0.15, 0.2) is 0 Å². The van der Waals surface area contributed by atoms with E-state index in [2.05, 4.69) is 11.9 Å². The molecule has 1 N–H and O–H groups in total. The topological polar surface area (TPSA) is 61.9 Å². The molecule has 2 saturated heterocycles. The van der Waals surface area contributed by atoms with E-state index in [0.717, 1.165) is 29.1 Å². The van der Waals surface area contributed by atoms with Crippen LogP contribution in [0.15, 0.2) is 40.8 Å². The largest absolute Gasteiger partial charge is 0.442 e. The number of benzene rings is 1. The molecule has 3 aliphatic rings. The van der Waals surface area contributed by atoms with Gasteiger partial charge in [0.1, 0.15) is 11.9 Å². The number of ether oxygens (including phenoxy) is 1. The van der Waals surface area contributed by atoms with Gasteiger partial charge in [-0.1, -0.05) is 24.8 Å². The summed E-state index contributed by atoms with van der Waals surface area (Å²) >= 11 is 1.56. The number of cyclic esters (lactones) is 1. The molecule has 28 heavy (non-hydrogen) atoms. The van der Waals surface area contributed by atoms with Crippen LogP contribution in [0.1, 0.15) is 19.3 Å². The molecule has 2 amide bonds. The van der Waals surface area contributed by atoms with E-state index in [1.807, 2.05) is 6.20 Å². The number of nitrogens with one attached hydrogen (secondary N) is 1. The first-order valence-corrected chi connectivity index (χ1v) is 10.1. The van der Waals surface area contributed by atoms with Gasteiger partial charge in [0, 0.05) is 29.0 Å². The van der Waals surface area contributed by atoms with Crippen LogP contribution in [0.3, 0.4) is 0 Å². The molecule has 0 spiro atoms. The van der Waals surface area contributed by atoms with Crippen molar-refractivity contribution in [2.24, 2.45) is 5.92 Å². The number of halogens is 1. The Bertz CT molecular complexity index is 868. The van der Waals surface area contributed by atoms with E-state index in [1.54, 1.807) is 35.8 Å². The maximum atomic E-state index is 14.6. The molecular formula is C20H22FN3O3S. The van der Waals surface area contributed by atoms with Crippen molar-refractivity contribution in [3.8, 4) is 0 Å². The molecule has 1 saturated carbocycles. The predicted octanol–water partition coefficient (Wildman–Crippen LogP) is 3.61. The maximum Gasteiger partial charge on any atom is 0.414 e. The van der Waals surface area contributed by atoms with Gasteiger partial charge in [0.25, 0.3) is 0 Å². The van der Waals surface area contributed by atoms with E-state index in [4.69, 9.17) is 4.74 Å². The summed E-state index contributed by atoms with van der Waals surface area (Å²) in [5, 5.41) is 2.84. The molecule has 2 aliphatic heterocycles. The lowest BCUT2D eigenvalue weighted by Crippen LogP contribution is -2.39. The van der Waals surface area contributed by atoms with Crippen LogP contribution in [-0.4, -0.2) is 38.2 Å². The smallest absolute Gasteiger partial charge is 0.414 e. The standard InChI is InChI=1S/C20H22FN3O3S/c1-12-18(28-12)11-23(2)17-7-6-14(8-16(17)21)24-10-15(27-20(24)26)9-22-19(25)13-4-3-5-13/h6-8,11,13,15H,1,3-5,9-10H2,2H3,(H,22,25)/b18-11+/t15-/m0/s1. The molecule has 3 fully saturated rings. The first kappa shape index (κ1) is 18.9. The van der Waals surface area contributed by atoms with Gasteiger partial charge in [-0.05, 0) is 31.0 Å². The highest BCUT2D eigenvalue weighted by atomic mass is 32.2. The Kier molecular flexibility index (Phi) is 5.05. The van der Waals surface area contributed by atoms with Crippen molar-refractivity contribution in [2.75, 3.05) is 29.9 Å². The minimum Gasteiger partial charge on any atom is -0.442 e. The molecule has 0 aromatic heterocycles. The van der Waals surface area contributed by atoms with Crippen molar-refractivity contribution >= 4 is 35.1 Å². The Balaban J connectivity index is 1.38. The first-order chi connectivity index (χ1) is 13.4. The van der Waals surface area contributed by atoms with Gasteiger partial charge in [-0.25, -0.2) is 9.18 Å². The molecule has 1 aliphatic carbocycles. The first-order valence-electron chi connectivity index (χ1n) is 9.29. The lowest BCUT2D eigenvalue weighted by atomic mass is 9.85. The second-order valence-electron chi connectivity index (χ2n) is 7.25. The predicted molar refractivity (Wildman–Crippen MR) is 108 cm³/mol. The van der Waals surface area contributed by atoms with Gasteiger partial charge in [0.2, 0.25) is 5.91 Å². The van der Waals surface area contributed by atoms with Crippen LogP contribution in [0.2, 0.25) is 0 Å². The summed E-state index contributed by atoms with van der Waals surface area (Å²) in [6, 6.07) is 4.66. The average Bonchev–Trinajstić information content (AvgIpc) is 3.15. The number of carbonyl (C=O) groups excluding carboxylic acids is 2. The Labute approximate surface area is 167 Å². The molecule has 0 bridgehead atoms. The van der Waals surface area contributed by atoms with Crippen molar-refractivity contribution < 1.29 is 18.7 Å². The molecule has 2 heterocycles. The van der Waals surface area contributed by atoms with Crippen molar-refractivity contribution in [3.63, 3.8) is 0 Å². The third kappa shape index (κ3) is 3.87. The van der Waals surface area contributed by atoms with Gasteiger partial charge in [-0.2, -0.15) is 0 Å². The Morgan fingerprint density at radius 1 is 1.50 bits per heavy atom. The fraction of sp³-hybridized carbons (Fsp3) is 0.400. The molecule has 0 unspecified atom stereocenters. The molecule has 8 heteroatoms. The van der Waals surface area contributed by atoms with Crippen molar-refractivity contribution in [1.82, 2.24) is 5.32 Å². The fourth-order valence-electron chi connectivity index (χ4n) is 3.27. The number of amides is 2. The molecule has 4 rings (SSSR count). The third-order valence-electron chi connectivity index (χ3n) is 5.25. The van der Waals surface area contributed by atoms with Crippen molar-refractivity contribution in [3.05, 3.63) is 46.6 Å². The number of carbonyl (C=O) groups is 2. The molecule has 0 radical (unpaired) electrons. The molecule has 1 atom stereocenters. The van der Waals surface area contributed by atoms with Crippen LogP contribution in [-0.2, 0) is 9.53 Å². The summed E-state index contributed by atoms with van der Waals surface area (Å²) < 4.78 is 19.9. The summed E-state index contributed by atoms with van der Waals surface area (Å²) in [6.07, 6.45) is 3.79. The van der Waals surface area contributed by atoms with Crippen LogP contribution < -0.4 is 15.1 Å². The van der Waals surface area contributed by atoms with Crippen LogP contribution in [0.25, 0.3) is 0 Å². The van der Waals surface area contributed by atoms with Gasteiger partial charge in [-0.3, -0.25) is 9.69 Å². The normalized spacial score (nSPS) is 22.9. The van der Waals surface area contributed by atoms with E-state index in [9.17, 15) is 14.0 Å². The quantitative estimate of drug-likeness (QED) is 0.736. The van der Waals surface area contributed by atoms with Gasteiger partial charge in [0.05, 0.1) is 24.5 Å². The van der Waals surface area contributed by atoms with E-state index < -0.39 is 18.0 Å².